The molecule has 0 radical (unpaired) electrons. The second-order valence-electron chi connectivity index (χ2n) is 8.50. The zero-order chi connectivity index (χ0) is 27.7. The summed E-state index contributed by atoms with van der Waals surface area (Å²) in [4.78, 5) is 35.5. The Bertz CT molecular complexity index is 1300. The number of benzene rings is 2. The molecule has 0 unspecified atom stereocenters. The second-order valence-corrected chi connectivity index (χ2v) is 8.50. The van der Waals surface area contributed by atoms with Crippen LogP contribution in [0, 0.1) is 0 Å². The van der Waals surface area contributed by atoms with Gasteiger partial charge in [-0.15, -0.1) is 0 Å². The SMILES string of the molecule is CC(=O)OC[C@H]1O[C@@H](Oc2ccc3c(c2O)O/C(=C\c2ccc(O)c(O)c2)C3=O)[C@H](O)[C@@H](OC(C)=O)[C@@H]1O. The molecule has 13 nitrogen and oxygen atoms in total. The number of phenolic OH excluding ortho intramolecular Hbond substituents is 3. The summed E-state index contributed by atoms with van der Waals surface area (Å²) in [6.07, 6.45) is -6.40. The Hall–Kier alpha value is -4.33. The molecular weight excluding hydrogens is 508 g/mol. The lowest BCUT2D eigenvalue weighted by Crippen LogP contribution is -2.61. The summed E-state index contributed by atoms with van der Waals surface area (Å²) in [5.74, 6) is -4.15. The number of rotatable bonds is 6. The molecule has 1 fully saturated rings. The van der Waals surface area contributed by atoms with Crippen LogP contribution < -0.4 is 9.47 Å². The molecule has 0 saturated carbocycles. The highest BCUT2D eigenvalue weighted by atomic mass is 16.7. The largest absolute Gasteiger partial charge is 0.504 e. The van der Waals surface area contributed by atoms with Crippen molar-refractivity contribution in [3.05, 3.63) is 47.2 Å². The fourth-order valence-electron chi connectivity index (χ4n) is 3.89. The minimum atomic E-state index is -1.73. The summed E-state index contributed by atoms with van der Waals surface area (Å²) in [5.41, 5.74) is 0.329. The van der Waals surface area contributed by atoms with Crippen molar-refractivity contribution in [3.63, 3.8) is 0 Å². The molecule has 5 N–H and O–H groups in total. The van der Waals surface area contributed by atoms with Crippen molar-refractivity contribution in [2.24, 2.45) is 0 Å². The molecule has 2 aromatic carbocycles. The highest BCUT2D eigenvalue weighted by Gasteiger charge is 2.48. The fraction of sp³-hybridized carbons (Fsp3) is 0.320. The second kappa shape index (κ2) is 10.6. The molecule has 13 heteroatoms. The van der Waals surface area contributed by atoms with Crippen molar-refractivity contribution in [2.45, 2.75) is 44.6 Å². The van der Waals surface area contributed by atoms with E-state index in [4.69, 9.17) is 23.7 Å². The minimum Gasteiger partial charge on any atom is -0.504 e. The van der Waals surface area contributed by atoms with Crippen LogP contribution in [-0.2, 0) is 23.8 Å². The molecule has 5 atom stereocenters. The third kappa shape index (κ3) is 5.34. The van der Waals surface area contributed by atoms with Crippen molar-refractivity contribution in [1.82, 2.24) is 0 Å². The minimum absolute atomic E-state index is 0.00448. The Balaban J connectivity index is 1.58. The summed E-state index contributed by atoms with van der Waals surface area (Å²) < 4.78 is 26.5. The van der Waals surface area contributed by atoms with Crippen LogP contribution in [0.4, 0.5) is 0 Å². The summed E-state index contributed by atoms with van der Waals surface area (Å²) in [7, 11) is 0. The highest BCUT2D eigenvalue weighted by molar-refractivity contribution is 6.15. The van der Waals surface area contributed by atoms with E-state index in [0.717, 1.165) is 13.8 Å². The first-order valence-corrected chi connectivity index (χ1v) is 11.3. The van der Waals surface area contributed by atoms with Gasteiger partial charge in [0.05, 0.1) is 5.56 Å². The number of hydrogen-bond donors (Lipinski definition) is 5. The maximum atomic E-state index is 12.8. The van der Waals surface area contributed by atoms with Gasteiger partial charge >= 0.3 is 11.9 Å². The lowest BCUT2D eigenvalue weighted by atomic mass is 9.99. The number of carbonyl (C=O) groups is 3. The average molecular weight is 532 g/mol. The number of ether oxygens (including phenoxy) is 5. The number of allylic oxidation sites excluding steroid dienone is 1. The number of carbonyl (C=O) groups excluding carboxylic acids is 3. The molecular formula is C25H24O13. The van der Waals surface area contributed by atoms with Crippen molar-refractivity contribution in [3.8, 4) is 28.7 Å². The van der Waals surface area contributed by atoms with Crippen molar-refractivity contribution >= 4 is 23.8 Å². The van der Waals surface area contributed by atoms with Gasteiger partial charge in [0.2, 0.25) is 17.8 Å². The quantitative estimate of drug-likeness (QED) is 0.198. The Labute approximate surface area is 215 Å². The molecule has 0 aliphatic carbocycles. The molecule has 2 aromatic rings. The van der Waals surface area contributed by atoms with E-state index in [1.165, 1.54) is 36.4 Å². The third-order valence-electron chi connectivity index (χ3n) is 5.71. The molecule has 0 amide bonds. The summed E-state index contributed by atoms with van der Waals surface area (Å²) in [6.45, 7) is 1.76. The van der Waals surface area contributed by atoms with E-state index >= 15 is 0 Å². The number of fused-ring (bicyclic) bond motifs is 1. The molecule has 4 rings (SSSR count). The topological polar surface area (TPSA) is 199 Å². The van der Waals surface area contributed by atoms with E-state index in [-0.39, 0.29) is 28.6 Å². The van der Waals surface area contributed by atoms with Gasteiger partial charge in [-0.3, -0.25) is 14.4 Å². The molecule has 1 saturated heterocycles. The Morgan fingerprint density at radius 1 is 1.00 bits per heavy atom. The van der Waals surface area contributed by atoms with Gasteiger partial charge in [-0.25, -0.2) is 0 Å². The Morgan fingerprint density at radius 2 is 1.74 bits per heavy atom. The molecule has 202 valence electrons. The monoisotopic (exact) mass is 532 g/mol. The van der Waals surface area contributed by atoms with Crippen molar-refractivity contribution < 1.29 is 63.6 Å². The van der Waals surface area contributed by atoms with E-state index in [2.05, 4.69) is 0 Å². The smallest absolute Gasteiger partial charge is 0.303 e. The average Bonchev–Trinajstić information content (AvgIpc) is 3.17. The molecule has 2 aliphatic rings. The van der Waals surface area contributed by atoms with E-state index < -0.39 is 66.5 Å². The predicted octanol–water partition coefficient (Wildman–Crippen LogP) is 0.740. The normalized spacial score (nSPS) is 25.4. The van der Waals surface area contributed by atoms with Crippen molar-refractivity contribution in [2.75, 3.05) is 6.61 Å². The number of esters is 2. The van der Waals surface area contributed by atoms with Crippen LogP contribution in [0.1, 0.15) is 29.8 Å². The number of aromatic hydroxyl groups is 3. The number of aliphatic hydroxyl groups excluding tert-OH is 2. The fourth-order valence-corrected chi connectivity index (χ4v) is 3.89. The number of Topliss-reactive ketones (excluding diaryl/α,β-unsaturated/α-hetero) is 1. The van der Waals surface area contributed by atoms with Crippen LogP contribution in [0.2, 0.25) is 0 Å². The Kier molecular flexibility index (Phi) is 7.44. The summed E-state index contributed by atoms with van der Waals surface area (Å²) in [6, 6.07) is 6.37. The van der Waals surface area contributed by atoms with Gasteiger partial charge in [0.25, 0.3) is 0 Å². The van der Waals surface area contributed by atoms with Gasteiger partial charge < -0.3 is 49.2 Å². The number of aliphatic hydroxyl groups is 2. The summed E-state index contributed by atoms with van der Waals surface area (Å²) >= 11 is 0. The highest BCUT2D eigenvalue weighted by Crippen LogP contribution is 2.45. The molecule has 2 aliphatic heterocycles. The first-order chi connectivity index (χ1) is 18.0. The van der Waals surface area contributed by atoms with Gasteiger partial charge in [-0.05, 0) is 35.9 Å². The maximum absolute atomic E-state index is 12.8. The van der Waals surface area contributed by atoms with Gasteiger partial charge in [0, 0.05) is 13.8 Å². The predicted molar refractivity (Wildman–Crippen MR) is 124 cm³/mol. The van der Waals surface area contributed by atoms with Crippen LogP contribution >= 0.6 is 0 Å². The van der Waals surface area contributed by atoms with Crippen LogP contribution in [-0.4, -0.2) is 80.6 Å². The number of phenols is 3. The zero-order valence-electron chi connectivity index (χ0n) is 20.1. The standard InChI is InChI=1S/C25H24O13/c1-10(26)34-9-18-21(32)24(35-11(2)27)22(33)25(38-18)37-16-6-4-13-19(30)17(36-23(13)20(16)31)8-12-3-5-14(28)15(29)7-12/h3-8,18,21-22,24-25,28-29,31-33H,9H2,1-2H3/b17-8-/t18-,21-,22-,24+,25-/m1/s1. The van der Waals surface area contributed by atoms with Gasteiger partial charge in [-0.1, -0.05) is 6.07 Å². The number of hydrogen-bond acceptors (Lipinski definition) is 13. The van der Waals surface area contributed by atoms with Gasteiger partial charge in [-0.2, -0.15) is 0 Å². The number of ketones is 1. The van der Waals surface area contributed by atoms with E-state index in [0.29, 0.717) is 5.56 Å². The van der Waals surface area contributed by atoms with Crippen molar-refractivity contribution in [1.29, 1.82) is 0 Å². The molecule has 38 heavy (non-hydrogen) atoms. The lowest BCUT2D eigenvalue weighted by molar-refractivity contribution is -0.282. The third-order valence-corrected chi connectivity index (χ3v) is 5.71. The first kappa shape index (κ1) is 26.7. The van der Waals surface area contributed by atoms with Gasteiger partial charge in [0.1, 0.15) is 18.8 Å². The van der Waals surface area contributed by atoms with E-state index in [1.807, 2.05) is 0 Å². The van der Waals surface area contributed by atoms with Crippen LogP contribution in [0.5, 0.6) is 28.7 Å². The molecule has 2 heterocycles. The van der Waals surface area contributed by atoms with Crippen LogP contribution in [0.25, 0.3) is 6.08 Å². The zero-order valence-corrected chi connectivity index (χ0v) is 20.1. The van der Waals surface area contributed by atoms with E-state index in [1.54, 1.807) is 0 Å². The molecule has 0 spiro atoms. The molecule has 0 bridgehead atoms. The first-order valence-electron chi connectivity index (χ1n) is 11.3. The van der Waals surface area contributed by atoms with Crippen LogP contribution in [0.15, 0.2) is 36.1 Å². The maximum Gasteiger partial charge on any atom is 0.303 e. The van der Waals surface area contributed by atoms with E-state index in [9.17, 15) is 39.9 Å². The van der Waals surface area contributed by atoms with Crippen LogP contribution in [0.3, 0.4) is 0 Å². The lowest BCUT2D eigenvalue weighted by Gasteiger charge is -2.41. The Morgan fingerprint density at radius 3 is 2.39 bits per heavy atom. The summed E-state index contributed by atoms with van der Waals surface area (Å²) in [5, 5.41) is 51.1. The van der Waals surface area contributed by atoms with Gasteiger partial charge in [0.15, 0.2) is 41.0 Å². The molecule has 0 aromatic heterocycles.